The Morgan fingerprint density at radius 1 is 1.30 bits per heavy atom. The number of amides is 1. The molecule has 0 spiro atoms. The molecule has 6 nitrogen and oxygen atoms in total. The third-order valence-corrected chi connectivity index (χ3v) is 3.04. The fourth-order valence-electron chi connectivity index (χ4n) is 2.05. The first-order chi connectivity index (χ1) is 9.84. The monoisotopic (exact) mass is 270 g/mol. The van der Waals surface area contributed by atoms with Gasteiger partial charge in [0.25, 0.3) is 5.91 Å². The molecular formula is C14H14N4O2. The Bertz CT molecular complexity index is 703. The molecular weight excluding hydrogens is 256 g/mol. The molecule has 0 aliphatic rings. The lowest BCUT2D eigenvalue weighted by molar-refractivity contribution is 0.0916. The number of hydrogen-bond acceptors (Lipinski definition) is 4. The van der Waals surface area contributed by atoms with E-state index in [4.69, 9.17) is 4.52 Å². The van der Waals surface area contributed by atoms with Gasteiger partial charge in [-0.05, 0) is 12.5 Å². The third kappa shape index (κ3) is 2.54. The molecule has 0 unspecified atom stereocenters. The van der Waals surface area contributed by atoms with Gasteiger partial charge in [0.05, 0.1) is 17.9 Å². The summed E-state index contributed by atoms with van der Waals surface area (Å²) in [5.74, 6) is -0.0117. The molecule has 3 rings (SSSR count). The second-order valence-electron chi connectivity index (χ2n) is 4.41. The van der Waals surface area contributed by atoms with Crippen LogP contribution in [0.3, 0.4) is 0 Å². The predicted octanol–water partition coefficient (Wildman–Crippen LogP) is 1.84. The van der Waals surface area contributed by atoms with E-state index in [0.717, 1.165) is 23.9 Å². The molecule has 0 aliphatic carbocycles. The number of rotatable bonds is 5. The van der Waals surface area contributed by atoms with Gasteiger partial charge < -0.3 is 9.84 Å². The maximum Gasteiger partial charge on any atom is 0.289 e. The van der Waals surface area contributed by atoms with E-state index in [1.807, 2.05) is 35.1 Å². The standard InChI is InChI=1S/C14H14N4O2/c19-14(13-6-8-17-20-13)15-7-3-9-18-12-5-2-1-4-11(12)10-16-18/h1-2,4-6,8,10H,3,7,9H2,(H,15,19). The van der Waals surface area contributed by atoms with Gasteiger partial charge in [0.2, 0.25) is 5.76 Å². The lowest BCUT2D eigenvalue weighted by Crippen LogP contribution is -2.24. The van der Waals surface area contributed by atoms with Crippen molar-refractivity contribution in [2.75, 3.05) is 6.54 Å². The molecule has 0 atom stereocenters. The Labute approximate surface area is 115 Å². The van der Waals surface area contributed by atoms with Gasteiger partial charge in [-0.2, -0.15) is 5.10 Å². The van der Waals surface area contributed by atoms with Crippen molar-refractivity contribution in [3.63, 3.8) is 0 Å². The summed E-state index contributed by atoms with van der Waals surface area (Å²) in [6.07, 6.45) is 4.10. The zero-order chi connectivity index (χ0) is 13.8. The van der Waals surface area contributed by atoms with Gasteiger partial charge in [0, 0.05) is 24.5 Å². The van der Waals surface area contributed by atoms with E-state index in [-0.39, 0.29) is 11.7 Å². The topological polar surface area (TPSA) is 73.0 Å². The SMILES string of the molecule is O=C(NCCCn1ncc2ccccc21)c1ccno1. The summed E-state index contributed by atoms with van der Waals surface area (Å²) >= 11 is 0. The number of aryl methyl sites for hydroxylation is 1. The molecule has 0 radical (unpaired) electrons. The fourth-order valence-corrected chi connectivity index (χ4v) is 2.05. The molecule has 0 saturated heterocycles. The van der Waals surface area contributed by atoms with Gasteiger partial charge in [-0.1, -0.05) is 23.4 Å². The highest BCUT2D eigenvalue weighted by Gasteiger charge is 2.08. The van der Waals surface area contributed by atoms with Crippen LogP contribution in [0.1, 0.15) is 17.0 Å². The summed E-state index contributed by atoms with van der Waals surface area (Å²) in [5.41, 5.74) is 1.11. The average Bonchev–Trinajstić information content (AvgIpc) is 3.13. The minimum absolute atomic E-state index is 0.231. The first-order valence-corrected chi connectivity index (χ1v) is 6.44. The average molecular weight is 270 g/mol. The summed E-state index contributed by atoms with van der Waals surface area (Å²) in [5, 5.41) is 11.7. The highest BCUT2D eigenvalue weighted by atomic mass is 16.5. The highest BCUT2D eigenvalue weighted by Crippen LogP contribution is 2.12. The Hall–Kier alpha value is -2.63. The van der Waals surface area contributed by atoms with Crippen molar-refractivity contribution >= 4 is 16.8 Å². The van der Waals surface area contributed by atoms with Gasteiger partial charge in [-0.25, -0.2) is 0 Å². The van der Waals surface area contributed by atoms with Crippen LogP contribution in [0, 0.1) is 0 Å². The van der Waals surface area contributed by atoms with Crippen LogP contribution in [0.2, 0.25) is 0 Å². The van der Waals surface area contributed by atoms with Crippen LogP contribution < -0.4 is 5.32 Å². The maximum absolute atomic E-state index is 11.6. The van der Waals surface area contributed by atoms with E-state index in [0.29, 0.717) is 6.54 Å². The molecule has 0 fully saturated rings. The van der Waals surface area contributed by atoms with Gasteiger partial charge in [-0.15, -0.1) is 0 Å². The van der Waals surface area contributed by atoms with Gasteiger partial charge in [0.15, 0.2) is 0 Å². The molecule has 0 aliphatic heterocycles. The van der Waals surface area contributed by atoms with E-state index in [9.17, 15) is 4.79 Å². The lowest BCUT2D eigenvalue weighted by Gasteiger charge is -2.04. The van der Waals surface area contributed by atoms with Crippen LogP contribution in [0.15, 0.2) is 47.2 Å². The largest absolute Gasteiger partial charge is 0.351 e. The van der Waals surface area contributed by atoms with Crippen LogP contribution >= 0.6 is 0 Å². The maximum atomic E-state index is 11.6. The molecule has 1 amide bonds. The zero-order valence-corrected chi connectivity index (χ0v) is 10.8. The molecule has 6 heteroatoms. The minimum Gasteiger partial charge on any atom is -0.351 e. The molecule has 0 saturated carbocycles. The minimum atomic E-state index is -0.243. The van der Waals surface area contributed by atoms with Crippen LogP contribution in [-0.2, 0) is 6.54 Å². The third-order valence-electron chi connectivity index (χ3n) is 3.04. The first-order valence-electron chi connectivity index (χ1n) is 6.44. The van der Waals surface area contributed by atoms with Crippen LogP contribution in [0.4, 0.5) is 0 Å². The summed E-state index contributed by atoms with van der Waals surface area (Å²) < 4.78 is 6.72. The number of nitrogens with one attached hydrogen (secondary N) is 1. The number of para-hydroxylation sites is 1. The van der Waals surface area contributed by atoms with Gasteiger partial charge >= 0.3 is 0 Å². The van der Waals surface area contributed by atoms with E-state index >= 15 is 0 Å². The Balaban J connectivity index is 1.52. The molecule has 2 aromatic heterocycles. The second-order valence-corrected chi connectivity index (χ2v) is 4.41. The zero-order valence-electron chi connectivity index (χ0n) is 10.8. The summed E-state index contributed by atoms with van der Waals surface area (Å²) in [6, 6.07) is 9.59. The second kappa shape index (κ2) is 5.56. The van der Waals surface area contributed by atoms with Crippen LogP contribution in [0.25, 0.3) is 10.9 Å². The molecule has 0 bridgehead atoms. The van der Waals surface area contributed by atoms with Crippen molar-refractivity contribution in [2.24, 2.45) is 0 Å². The Kier molecular flexibility index (Phi) is 3.45. The van der Waals surface area contributed by atoms with E-state index in [2.05, 4.69) is 15.6 Å². The van der Waals surface area contributed by atoms with E-state index in [1.165, 1.54) is 12.3 Å². The van der Waals surface area contributed by atoms with E-state index < -0.39 is 0 Å². The number of benzene rings is 1. The fraction of sp³-hybridized carbons (Fsp3) is 0.214. The Morgan fingerprint density at radius 3 is 3.05 bits per heavy atom. The normalized spacial score (nSPS) is 10.8. The lowest BCUT2D eigenvalue weighted by atomic mass is 10.2. The van der Waals surface area contributed by atoms with Gasteiger partial charge in [-0.3, -0.25) is 9.48 Å². The molecule has 102 valence electrons. The summed E-state index contributed by atoms with van der Waals surface area (Å²) in [6.45, 7) is 1.32. The number of hydrogen-bond donors (Lipinski definition) is 1. The van der Waals surface area contributed by atoms with Crippen LogP contribution in [0.5, 0.6) is 0 Å². The summed E-state index contributed by atoms with van der Waals surface area (Å²) in [7, 11) is 0. The number of carbonyl (C=O) groups is 1. The smallest absolute Gasteiger partial charge is 0.289 e. The number of nitrogens with zero attached hydrogens (tertiary/aromatic N) is 3. The molecule has 1 aromatic carbocycles. The molecule has 20 heavy (non-hydrogen) atoms. The molecule has 3 aromatic rings. The predicted molar refractivity (Wildman–Crippen MR) is 73.2 cm³/mol. The summed E-state index contributed by atoms with van der Waals surface area (Å²) in [4.78, 5) is 11.6. The van der Waals surface area contributed by atoms with Crippen LogP contribution in [-0.4, -0.2) is 27.4 Å². The van der Waals surface area contributed by atoms with Crippen molar-refractivity contribution in [1.29, 1.82) is 0 Å². The van der Waals surface area contributed by atoms with Crippen molar-refractivity contribution in [3.05, 3.63) is 48.5 Å². The number of aromatic nitrogens is 3. The Morgan fingerprint density at radius 2 is 2.20 bits per heavy atom. The van der Waals surface area contributed by atoms with Gasteiger partial charge in [0.1, 0.15) is 0 Å². The number of carbonyl (C=O) groups excluding carboxylic acids is 1. The molecule has 1 N–H and O–H groups in total. The quantitative estimate of drug-likeness (QED) is 0.718. The van der Waals surface area contributed by atoms with Crippen molar-refractivity contribution in [3.8, 4) is 0 Å². The first kappa shape index (κ1) is 12.4. The van der Waals surface area contributed by atoms with Crippen molar-refractivity contribution in [2.45, 2.75) is 13.0 Å². The van der Waals surface area contributed by atoms with Crippen molar-refractivity contribution < 1.29 is 9.32 Å². The highest BCUT2D eigenvalue weighted by molar-refractivity contribution is 5.91. The van der Waals surface area contributed by atoms with E-state index in [1.54, 1.807) is 0 Å². The van der Waals surface area contributed by atoms with Crippen molar-refractivity contribution in [1.82, 2.24) is 20.3 Å². The number of fused-ring (bicyclic) bond motifs is 1. The molecule has 2 heterocycles.